The number of nitrogens with one attached hydrogen (secondary N) is 1. The van der Waals surface area contributed by atoms with E-state index in [1.54, 1.807) is 4.81 Å². The lowest BCUT2D eigenvalue weighted by Crippen LogP contribution is -3.17. The summed E-state index contributed by atoms with van der Waals surface area (Å²) in [6, 6.07) is 22.1. The first-order valence-electron chi connectivity index (χ1n) is 7.97. The van der Waals surface area contributed by atoms with Gasteiger partial charge in [0.15, 0.2) is 5.60 Å². The molecule has 0 bridgehead atoms. The van der Waals surface area contributed by atoms with Gasteiger partial charge in [0.2, 0.25) is 0 Å². The van der Waals surface area contributed by atoms with Gasteiger partial charge in [0.05, 0.1) is 6.54 Å². The van der Waals surface area contributed by atoms with Crippen LogP contribution >= 0.6 is 0 Å². The molecule has 1 N–H and O–H groups in total. The summed E-state index contributed by atoms with van der Waals surface area (Å²) in [6.07, 6.45) is 2.54. The van der Waals surface area contributed by atoms with Crippen LogP contribution in [0.15, 0.2) is 60.7 Å². The predicted octanol–water partition coefficient (Wildman–Crippen LogP) is 2.76. The standard InChI is InChI=1S/C18H20BNO.CH4/c1-19-20-14-8-13-17(20)18(21-19,15-9-4-2-5-10-15)16-11-6-3-7-12-16;/h2-7,9-12,17H,8,13-14H2,1H3;1H4/p+1. The third-order valence-electron chi connectivity index (χ3n) is 5.19. The Kier molecular flexibility index (Phi) is 4.11. The third-order valence-corrected chi connectivity index (χ3v) is 5.19. The summed E-state index contributed by atoms with van der Waals surface area (Å²) in [6.45, 7) is 3.45. The predicted molar refractivity (Wildman–Crippen MR) is 91.9 cm³/mol. The first-order chi connectivity index (χ1) is 10.3. The molecule has 2 aromatic rings. The molecule has 2 aliphatic heterocycles. The Hall–Kier alpha value is -1.58. The minimum Gasteiger partial charge on any atom is -0.373 e. The van der Waals surface area contributed by atoms with Crippen LogP contribution in [-0.2, 0) is 10.3 Å². The molecule has 2 saturated heterocycles. The van der Waals surface area contributed by atoms with Crippen molar-refractivity contribution in [3.8, 4) is 0 Å². The van der Waals surface area contributed by atoms with Gasteiger partial charge in [-0.2, -0.15) is 0 Å². The summed E-state index contributed by atoms with van der Waals surface area (Å²) in [5.41, 5.74) is 2.31. The fourth-order valence-corrected chi connectivity index (χ4v) is 4.33. The van der Waals surface area contributed by atoms with Crippen molar-refractivity contribution >= 4 is 7.05 Å². The normalized spacial score (nSPS) is 25.6. The van der Waals surface area contributed by atoms with Gasteiger partial charge in [0.25, 0.3) is 0 Å². The van der Waals surface area contributed by atoms with Crippen molar-refractivity contribution in [3.05, 3.63) is 71.8 Å². The molecule has 2 heterocycles. The smallest absolute Gasteiger partial charge is 0.373 e. The zero-order chi connectivity index (χ0) is 14.3. The maximum atomic E-state index is 6.65. The first-order valence-corrected chi connectivity index (χ1v) is 7.97. The van der Waals surface area contributed by atoms with Crippen LogP contribution in [0.1, 0.15) is 31.4 Å². The molecule has 0 saturated carbocycles. The van der Waals surface area contributed by atoms with E-state index in [2.05, 4.69) is 67.5 Å². The van der Waals surface area contributed by atoms with E-state index in [4.69, 9.17) is 4.65 Å². The molecule has 2 fully saturated rings. The lowest BCUT2D eigenvalue weighted by atomic mass is 9.79. The highest BCUT2D eigenvalue weighted by atomic mass is 16.5. The van der Waals surface area contributed by atoms with Crippen LogP contribution in [0, 0.1) is 0 Å². The number of quaternary nitrogens is 1. The molecule has 4 rings (SSSR count). The molecule has 22 heavy (non-hydrogen) atoms. The monoisotopic (exact) mass is 294 g/mol. The number of fused-ring (bicyclic) bond motifs is 1. The summed E-state index contributed by atoms with van der Waals surface area (Å²) >= 11 is 0. The van der Waals surface area contributed by atoms with E-state index in [1.165, 1.54) is 30.5 Å². The summed E-state index contributed by atoms with van der Waals surface area (Å²) in [7, 11) is 0.262. The van der Waals surface area contributed by atoms with E-state index in [0.717, 1.165) is 0 Å². The molecular formula is C19H25BNO+. The second-order valence-corrected chi connectivity index (χ2v) is 6.25. The second-order valence-electron chi connectivity index (χ2n) is 6.25. The van der Waals surface area contributed by atoms with E-state index < -0.39 is 0 Å². The second kappa shape index (κ2) is 5.90. The van der Waals surface area contributed by atoms with Gasteiger partial charge in [-0.05, 0) is 11.1 Å². The van der Waals surface area contributed by atoms with Crippen LogP contribution < -0.4 is 4.81 Å². The van der Waals surface area contributed by atoms with Crippen molar-refractivity contribution < 1.29 is 9.47 Å². The Morgan fingerprint density at radius 3 is 2.09 bits per heavy atom. The van der Waals surface area contributed by atoms with Crippen LogP contribution in [0.25, 0.3) is 0 Å². The SMILES string of the molecule is C.CB1OC(c2ccccc2)(c2ccccc2)C2CCC[NH+]12. The maximum absolute atomic E-state index is 6.65. The molecule has 2 aromatic carbocycles. The van der Waals surface area contributed by atoms with Crippen molar-refractivity contribution in [1.29, 1.82) is 0 Å². The number of hydrogen-bond acceptors (Lipinski definition) is 1. The van der Waals surface area contributed by atoms with E-state index in [-0.39, 0.29) is 20.1 Å². The quantitative estimate of drug-likeness (QED) is 0.841. The molecule has 114 valence electrons. The zero-order valence-corrected chi connectivity index (χ0v) is 12.5. The number of rotatable bonds is 2. The van der Waals surface area contributed by atoms with Gasteiger partial charge in [0, 0.05) is 19.7 Å². The molecule has 2 atom stereocenters. The fourth-order valence-electron chi connectivity index (χ4n) is 4.33. The lowest BCUT2D eigenvalue weighted by Gasteiger charge is -2.33. The fraction of sp³-hybridized carbons (Fsp3) is 0.368. The van der Waals surface area contributed by atoms with E-state index in [9.17, 15) is 0 Å². The van der Waals surface area contributed by atoms with Gasteiger partial charge >= 0.3 is 7.05 Å². The Balaban J connectivity index is 0.00000144. The minimum atomic E-state index is -0.284. The molecule has 2 aliphatic rings. The molecule has 2 unspecified atom stereocenters. The average molecular weight is 294 g/mol. The van der Waals surface area contributed by atoms with Gasteiger partial charge in [-0.3, -0.25) is 0 Å². The van der Waals surface area contributed by atoms with Crippen molar-refractivity contribution in [1.82, 2.24) is 0 Å². The molecule has 0 spiro atoms. The minimum absolute atomic E-state index is 0. The highest BCUT2D eigenvalue weighted by Crippen LogP contribution is 2.41. The lowest BCUT2D eigenvalue weighted by molar-refractivity contribution is -0.800. The Bertz CT molecular complexity index is 576. The maximum Gasteiger partial charge on any atom is 0.570 e. The van der Waals surface area contributed by atoms with Gasteiger partial charge in [0.1, 0.15) is 6.04 Å². The summed E-state index contributed by atoms with van der Waals surface area (Å²) in [5.74, 6) is 0. The van der Waals surface area contributed by atoms with Gasteiger partial charge in [-0.1, -0.05) is 68.1 Å². The van der Waals surface area contributed by atoms with Crippen LogP contribution in [0.2, 0.25) is 6.82 Å². The molecule has 0 amide bonds. The highest BCUT2D eigenvalue weighted by Gasteiger charge is 2.61. The van der Waals surface area contributed by atoms with Crippen molar-refractivity contribution in [3.63, 3.8) is 0 Å². The number of hydrogen-bond donors (Lipinski definition) is 1. The van der Waals surface area contributed by atoms with Gasteiger partial charge in [-0.15, -0.1) is 0 Å². The van der Waals surface area contributed by atoms with Crippen molar-refractivity contribution in [2.45, 2.75) is 38.7 Å². The molecule has 0 radical (unpaired) electrons. The Morgan fingerprint density at radius 1 is 1.00 bits per heavy atom. The van der Waals surface area contributed by atoms with Crippen molar-refractivity contribution in [2.75, 3.05) is 6.54 Å². The molecule has 0 aromatic heterocycles. The van der Waals surface area contributed by atoms with Crippen LogP contribution in [0.4, 0.5) is 0 Å². The van der Waals surface area contributed by atoms with Crippen LogP contribution in [0.3, 0.4) is 0 Å². The average Bonchev–Trinajstić information content (AvgIpc) is 3.13. The third kappa shape index (κ3) is 2.12. The summed E-state index contributed by atoms with van der Waals surface area (Å²) in [4.78, 5) is 1.61. The van der Waals surface area contributed by atoms with Gasteiger partial charge in [-0.25, -0.2) is 0 Å². The van der Waals surface area contributed by atoms with E-state index in [0.29, 0.717) is 6.04 Å². The molecular weight excluding hydrogens is 269 g/mol. The zero-order valence-electron chi connectivity index (χ0n) is 12.5. The van der Waals surface area contributed by atoms with Gasteiger partial charge < -0.3 is 9.47 Å². The number of benzene rings is 2. The topological polar surface area (TPSA) is 13.7 Å². The van der Waals surface area contributed by atoms with E-state index >= 15 is 0 Å². The summed E-state index contributed by atoms with van der Waals surface area (Å²) < 4.78 is 6.65. The Labute approximate surface area is 134 Å². The molecule has 2 nitrogen and oxygen atoms in total. The molecule has 0 aliphatic carbocycles. The Morgan fingerprint density at radius 2 is 1.55 bits per heavy atom. The highest BCUT2D eigenvalue weighted by molar-refractivity contribution is 6.41. The van der Waals surface area contributed by atoms with Crippen LogP contribution in [-0.4, -0.2) is 19.6 Å². The molecule has 3 heteroatoms. The van der Waals surface area contributed by atoms with Crippen molar-refractivity contribution in [2.24, 2.45) is 0 Å². The largest absolute Gasteiger partial charge is 0.570 e. The van der Waals surface area contributed by atoms with Crippen LogP contribution in [0.5, 0.6) is 0 Å². The summed E-state index contributed by atoms with van der Waals surface area (Å²) in [5, 5.41) is 0. The van der Waals surface area contributed by atoms with E-state index in [1.807, 2.05) is 0 Å². The first kappa shape index (κ1) is 15.3.